The summed E-state index contributed by atoms with van der Waals surface area (Å²) in [5.74, 6) is -0.789. The van der Waals surface area contributed by atoms with Crippen molar-refractivity contribution < 1.29 is 14.5 Å². The highest BCUT2D eigenvalue weighted by atomic mass is 16.6. The Labute approximate surface area is 192 Å². The summed E-state index contributed by atoms with van der Waals surface area (Å²) in [6.07, 6.45) is 2.64. The largest absolute Gasteiger partial charge is 0.362 e. The monoisotopic (exact) mass is 446 g/mol. The number of pyridine rings is 1. The van der Waals surface area contributed by atoms with Crippen LogP contribution in [0.25, 0.3) is 0 Å². The summed E-state index contributed by atoms with van der Waals surface area (Å²) in [6, 6.07) is 9.70. The predicted octanol–water partition coefficient (Wildman–Crippen LogP) is 4.54. The number of aromatic nitrogens is 1. The summed E-state index contributed by atoms with van der Waals surface area (Å²) in [4.78, 5) is 42.0. The van der Waals surface area contributed by atoms with Gasteiger partial charge >= 0.3 is 0 Å². The van der Waals surface area contributed by atoms with Gasteiger partial charge < -0.3 is 10.6 Å². The molecule has 8 heteroatoms. The smallest absolute Gasteiger partial charge is 0.269 e. The van der Waals surface area contributed by atoms with Gasteiger partial charge in [0.05, 0.1) is 4.92 Å². The van der Waals surface area contributed by atoms with Gasteiger partial charge in [-0.2, -0.15) is 0 Å². The maximum atomic E-state index is 13.5. The third kappa shape index (κ3) is 4.41. The number of aryl methyl sites for hydroxylation is 1. The lowest BCUT2D eigenvalue weighted by atomic mass is 9.68. The third-order valence-electron chi connectivity index (χ3n) is 6.05. The fourth-order valence-electron chi connectivity index (χ4n) is 4.61. The van der Waals surface area contributed by atoms with Crippen molar-refractivity contribution >= 4 is 23.2 Å². The minimum Gasteiger partial charge on any atom is -0.362 e. The van der Waals surface area contributed by atoms with Crippen molar-refractivity contribution in [3.63, 3.8) is 0 Å². The number of anilines is 1. The van der Waals surface area contributed by atoms with Gasteiger partial charge in [0.1, 0.15) is 5.82 Å². The van der Waals surface area contributed by atoms with Crippen LogP contribution >= 0.6 is 0 Å². The number of rotatable bonds is 4. The molecule has 0 radical (unpaired) electrons. The van der Waals surface area contributed by atoms with Gasteiger partial charge in [-0.1, -0.05) is 32.0 Å². The average molecular weight is 447 g/mol. The van der Waals surface area contributed by atoms with Crippen molar-refractivity contribution in [3.8, 4) is 0 Å². The number of nitrogens with one attached hydrogen (secondary N) is 2. The highest BCUT2D eigenvalue weighted by molar-refractivity contribution is 6.09. The minimum absolute atomic E-state index is 0.0588. The van der Waals surface area contributed by atoms with E-state index in [0.29, 0.717) is 41.1 Å². The molecule has 2 aliphatic rings. The molecule has 0 bridgehead atoms. The van der Waals surface area contributed by atoms with Crippen molar-refractivity contribution in [2.75, 3.05) is 5.32 Å². The maximum absolute atomic E-state index is 13.5. The molecule has 2 aromatic rings. The number of hydrogen-bond acceptors (Lipinski definition) is 6. The minimum atomic E-state index is -0.713. The number of hydrogen-bond donors (Lipinski definition) is 2. The number of Topliss-reactive ketones (excluding diaryl/α,β-unsaturated/α-hetero) is 1. The molecule has 0 saturated carbocycles. The van der Waals surface area contributed by atoms with Crippen molar-refractivity contribution in [1.82, 2.24) is 10.3 Å². The van der Waals surface area contributed by atoms with E-state index in [-0.39, 0.29) is 16.9 Å². The molecule has 1 aromatic heterocycles. The van der Waals surface area contributed by atoms with E-state index in [2.05, 4.69) is 15.6 Å². The Bertz CT molecular complexity index is 1230. The molecule has 0 fully saturated rings. The van der Waals surface area contributed by atoms with Crippen LogP contribution < -0.4 is 10.6 Å². The summed E-state index contributed by atoms with van der Waals surface area (Å²) in [6.45, 7) is 7.75. The Balaban J connectivity index is 1.83. The molecule has 4 rings (SSSR count). The van der Waals surface area contributed by atoms with Gasteiger partial charge in [0, 0.05) is 53.2 Å². The number of carbonyl (C=O) groups excluding carboxylic acids is 2. The molecule has 1 aromatic carbocycles. The molecule has 33 heavy (non-hydrogen) atoms. The van der Waals surface area contributed by atoms with E-state index in [9.17, 15) is 19.7 Å². The summed E-state index contributed by atoms with van der Waals surface area (Å²) in [5.41, 5.74) is 3.43. The number of nitro groups is 1. The summed E-state index contributed by atoms with van der Waals surface area (Å²) >= 11 is 0. The van der Waals surface area contributed by atoms with E-state index in [1.165, 1.54) is 12.1 Å². The Kier molecular flexibility index (Phi) is 5.61. The van der Waals surface area contributed by atoms with Gasteiger partial charge in [0.25, 0.3) is 11.6 Å². The van der Waals surface area contributed by atoms with E-state index in [1.54, 1.807) is 31.3 Å². The number of dihydropyridines is 1. The first kappa shape index (κ1) is 22.4. The number of nitrogens with zero attached hydrogens (tertiary/aromatic N) is 2. The predicted molar refractivity (Wildman–Crippen MR) is 124 cm³/mol. The highest BCUT2D eigenvalue weighted by Crippen LogP contribution is 2.47. The zero-order valence-corrected chi connectivity index (χ0v) is 19.1. The summed E-state index contributed by atoms with van der Waals surface area (Å²) in [7, 11) is 0. The number of nitro benzene ring substituents is 1. The fraction of sp³-hybridized carbons (Fsp3) is 0.320. The molecule has 2 heterocycles. The van der Waals surface area contributed by atoms with Crippen LogP contribution in [0.4, 0.5) is 11.5 Å². The molecular weight excluding hydrogens is 420 g/mol. The quantitative estimate of drug-likeness (QED) is 0.526. The standard InChI is InChI=1S/C25H26N4O4/c1-14-8-9-20(26-13-14)28-24(31)21-15(2)27-18-11-25(3,4)12-19(30)23(18)22(21)16-6-5-7-17(10-16)29(32)33/h5-10,13,22,27H,11-12H2,1-4H3,(H,26,28,31)/t22-/m0/s1. The average Bonchev–Trinajstić information content (AvgIpc) is 2.73. The zero-order chi connectivity index (χ0) is 23.9. The second-order valence-electron chi connectivity index (χ2n) is 9.46. The van der Waals surface area contributed by atoms with Crippen molar-refractivity contribution in [2.45, 2.75) is 46.5 Å². The first-order valence-corrected chi connectivity index (χ1v) is 10.8. The lowest BCUT2D eigenvalue weighted by molar-refractivity contribution is -0.384. The molecule has 8 nitrogen and oxygen atoms in total. The highest BCUT2D eigenvalue weighted by Gasteiger charge is 2.43. The third-order valence-corrected chi connectivity index (χ3v) is 6.05. The van der Waals surface area contributed by atoms with Crippen LogP contribution in [0.15, 0.2) is 65.1 Å². The number of non-ortho nitro benzene ring substituents is 1. The van der Waals surface area contributed by atoms with Crippen LogP contribution in [0.5, 0.6) is 0 Å². The first-order chi connectivity index (χ1) is 15.6. The van der Waals surface area contributed by atoms with E-state index < -0.39 is 16.7 Å². The van der Waals surface area contributed by atoms with Crippen molar-refractivity contribution in [1.29, 1.82) is 0 Å². The summed E-state index contributed by atoms with van der Waals surface area (Å²) < 4.78 is 0. The first-order valence-electron chi connectivity index (χ1n) is 10.8. The number of allylic oxidation sites excluding steroid dienone is 3. The molecule has 2 N–H and O–H groups in total. The second-order valence-corrected chi connectivity index (χ2v) is 9.46. The Morgan fingerprint density at radius 3 is 2.64 bits per heavy atom. The number of amides is 1. The topological polar surface area (TPSA) is 114 Å². The zero-order valence-electron chi connectivity index (χ0n) is 19.1. The molecule has 0 saturated heterocycles. The van der Waals surface area contributed by atoms with Gasteiger partial charge in [-0.15, -0.1) is 0 Å². The summed E-state index contributed by atoms with van der Waals surface area (Å²) in [5, 5.41) is 17.5. The van der Waals surface area contributed by atoms with Crippen LogP contribution in [0.3, 0.4) is 0 Å². The van der Waals surface area contributed by atoms with Crippen LogP contribution in [-0.2, 0) is 9.59 Å². The van der Waals surface area contributed by atoms with Gasteiger partial charge in [-0.05, 0) is 42.9 Å². The van der Waals surface area contributed by atoms with Crippen LogP contribution in [-0.4, -0.2) is 21.6 Å². The molecule has 0 unspecified atom stereocenters. The number of ketones is 1. The molecule has 0 spiro atoms. The van der Waals surface area contributed by atoms with Gasteiger partial charge in [0.2, 0.25) is 0 Å². The maximum Gasteiger partial charge on any atom is 0.269 e. The normalized spacial score (nSPS) is 19.6. The molecule has 1 aliphatic heterocycles. The lowest BCUT2D eigenvalue weighted by Gasteiger charge is -2.39. The van der Waals surface area contributed by atoms with Gasteiger partial charge in [-0.25, -0.2) is 4.98 Å². The second kappa shape index (κ2) is 8.27. The van der Waals surface area contributed by atoms with E-state index >= 15 is 0 Å². The van der Waals surface area contributed by atoms with Gasteiger partial charge in [0.15, 0.2) is 5.78 Å². The SMILES string of the molecule is CC1=C(C(=O)Nc2ccc(C)cn2)[C@H](c2cccc([N+](=O)[O-])c2)C2=C(CC(C)(C)CC2=O)N1. The molecule has 1 aliphatic carbocycles. The van der Waals surface area contributed by atoms with Gasteiger partial charge in [-0.3, -0.25) is 19.7 Å². The van der Waals surface area contributed by atoms with E-state index in [0.717, 1.165) is 11.3 Å². The Hall–Kier alpha value is -3.81. The number of carbonyl (C=O) groups is 2. The van der Waals surface area contributed by atoms with E-state index in [4.69, 9.17) is 0 Å². The Morgan fingerprint density at radius 2 is 1.97 bits per heavy atom. The molecule has 1 amide bonds. The van der Waals surface area contributed by atoms with Crippen molar-refractivity contribution in [2.24, 2.45) is 5.41 Å². The Morgan fingerprint density at radius 1 is 1.21 bits per heavy atom. The lowest BCUT2D eigenvalue weighted by Crippen LogP contribution is -2.39. The van der Waals surface area contributed by atoms with Crippen molar-refractivity contribution in [3.05, 3.63) is 86.4 Å². The van der Waals surface area contributed by atoms with Crippen LogP contribution in [0, 0.1) is 22.5 Å². The van der Waals surface area contributed by atoms with Crippen LogP contribution in [0.1, 0.15) is 50.7 Å². The molecule has 1 atom stereocenters. The van der Waals surface area contributed by atoms with E-state index in [1.807, 2.05) is 26.8 Å². The molecular formula is C25H26N4O4. The number of benzene rings is 1. The van der Waals surface area contributed by atoms with Crippen LogP contribution in [0.2, 0.25) is 0 Å². The fourth-order valence-corrected chi connectivity index (χ4v) is 4.61. The molecule has 170 valence electrons.